The van der Waals surface area contributed by atoms with Crippen LogP contribution in [0.25, 0.3) is 16.9 Å². The zero-order chi connectivity index (χ0) is 11.8. The molecule has 0 saturated heterocycles. The van der Waals surface area contributed by atoms with E-state index in [2.05, 4.69) is 20.3 Å². The number of carbonyl (C=O) groups is 1. The van der Waals surface area contributed by atoms with Crippen molar-refractivity contribution in [1.29, 1.82) is 0 Å². The molecule has 7 nitrogen and oxygen atoms in total. The van der Waals surface area contributed by atoms with Gasteiger partial charge in [-0.25, -0.2) is 9.50 Å². The Morgan fingerprint density at radius 3 is 3.06 bits per heavy atom. The van der Waals surface area contributed by atoms with Crippen molar-refractivity contribution in [2.45, 2.75) is 0 Å². The highest BCUT2D eigenvalue weighted by Crippen LogP contribution is 2.23. The summed E-state index contributed by atoms with van der Waals surface area (Å²) in [6, 6.07) is 1.73. The summed E-state index contributed by atoms with van der Waals surface area (Å²) in [7, 11) is 0. The molecule has 3 rings (SSSR count). The van der Waals surface area contributed by atoms with Crippen LogP contribution in [0.2, 0.25) is 0 Å². The zero-order valence-corrected chi connectivity index (χ0v) is 8.66. The van der Waals surface area contributed by atoms with E-state index < -0.39 is 5.91 Å². The van der Waals surface area contributed by atoms with E-state index in [1.54, 1.807) is 30.9 Å². The molecule has 0 bridgehead atoms. The van der Waals surface area contributed by atoms with Crippen molar-refractivity contribution in [2.24, 2.45) is 5.73 Å². The molecule has 84 valence electrons. The average Bonchev–Trinajstić information content (AvgIpc) is 2.95. The molecule has 0 unspecified atom stereocenters. The predicted molar refractivity (Wildman–Crippen MR) is 59.1 cm³/mol. The van der Waals surface area contributed by atoms with Crippen molar-refractivity contribution in [3.05, 3.63) is 36.4 Å². The predicted octanol–water partition coefficient (Wildman–Crippen LogP) is 0.218. The molecule has 1 amide bonds. The number of H-pyrrole nitrogens is 1. The normalized spacial score (nSPS) is 10.8. The maximum absolute atomic E-state index is 11.5. The van der Waals surface area contributed by atoms with Gasteiger partial charge in [0.2, 0.25) is 0 Å². The van der Waals surface area contributed by atoms with Crippen molar-refractivity contribution >= 4 is 11.6 Å². The molecule has 3 aromatic heterocycles. The second-order valence-corrected chi connectivity index (χ2v) is 3.46. The third kappa shape index (κ3) is 1.36. The van der Waals surface area contributed by atoms with Crippen molar-refractivity contribution in [2.75, 3.05) is 0 Å². The largest absolute Gasteiger partial charge is 0.365 e. The number of nitrogens with zero attached hydrogens (tertiary/aromatic N) is 4. The number of amides is 1. The van der Waals surface area contributed by atoms with Gasteiger partial charge < -0.3 is 5.73 Å². The van der Waals surface area contributed by atoms with E-state index in [0.717, 1.165) is 0 Å². The summed E-state index contributed by atoms with van der Waals surface area (Å²) in [5.41, 5.74) is 7.28. The molecule has 0 atom stereocenters. The van der Waals surface area contributed by atoms with Gasteiger partial charge in [0, 0.05) is 24.2 Å². The molecule has 0 aliphatic rings. The fourth-order valence-corrected chi connectivity index (χ4v) is 1.70. The van der Waals surface area contributed by atoms with E-state index in [0.29, 0.717) is 22.5 Å². The fraction of sp³-hybridized carbons (Fsp3) is 0. The SMILES string of the molecule is NC(=O)c1c(-c2cn[nH]c2)nn2cccnc12. The van der Waals surface area contributed by atoms with Crippen LogP contribution in [0.15, 0.2) is 30.9 Å². The average molecular weight is 228 g/mol. The van der Waals surface area contributed by atoms with Crippen LogP contribution in [0.4, 0.5) is 0 Å². The molecule has 0 saturated carbocycles. The summed E-state index contributed by atoms with van der Waals surface area (Å²) in [6.45, 7) is 0. The number of hydrogen-bond donors (Lipinski definition) is 2. The Kier molecular flexibility index (Phi) is 1.91. The van der Waals surface area contributed by atoms with Gasteiger partial charge in [0.1, 0.15) is 11.3 Å². The Balaban J connectivity index is 2.38. The van der Waals surface area contributed by atoms with Crippen LogP contribution in [0.3, 0.4) is 0 Å². The number of hydrogen-bond acceptors (Lipinski definition) is 4. The van der Waals surface area contributed by atoms with Gasteiger partial charge in [-0.15, -0.1) is 0 Å². The van der Waals surface area contributed by atoms with Gasteiger partial charge in [0.25, 0.3) is 5.91 Å². The quantitative estimate of drug-likeness (QED) is 0.654. The first-order valence-electron chi connectivity index (χ1n) is 4.89. The van der Waals surface area contributed by atoms with Gasteiger partial charge in [0.15, 0.2) is 5.65 Å². The summed E-state index contributed by atoms with van der Waals surface area (Å²) in [4.78, 5) is 15.6. The van der Waals surface area contributed by atoms with Crippen molar-refractivity contribution in [1.82, 2.24) is 24.8 Å². The number of aromatic nitrogens is 5. The van der Waals surface area contributed by atoms with Gasteiger partial charge in [-0.05, 0) is 6.07 Å². The Morgan fingerprint density at radius 2 is 2.35 bits per heavy atom. The topological polar surface area (TPSA) is 102 Å². The van der Waals surface area contributed by atoms with Gasteiger partial charge in [-0.3, -0.25) is 9.89 Å². The monoisotopic (exact) mass is 228 g/mol. The molecule has 0 fully saturated rings. The standard InChI is InChI=1S/C10H8N6O/c11-9(17)7-8(6-4-13-14-5-6)15-16-3-1-2-12-10(7)16/h1-5H,(H2,11,17)(H,13,14). The second-order valence-electron chi connectivity index (χ2n) is 3.46. The zero-order valence-electron chi connectivity index (χ0n) is 8.66. The van der Waals surface area contributed by atoms with Crippen molar-refractivity contribution in [3.8, 4) is 11.3 Å². The van der Waals surface area contributed by atoms with Crippen molar-refractivity contribution < 1.29 is 4.79 Å². The van der Waals surface area contributed by atoms with Gasteiger partial charge in [0.05, 0.1) is 6.20 Å². The molecule has 0 aliphatic carbocycles. The van der Waals surface area contributed by atoms with E-state index in [4.69, 9.17) is 5.73 Å². The van der Waals surface area contributed by atoms with Crippen LogP contribution in [0.5, 0.6) is 0 Å². The third-order valence-electron chi connectivity index (χ3n) is 2.41. The lowest BCUT2D eigenvalue weighted by molar-refractivity contribution is 0.100. The molecule has 3 aromatic rings. The Hall–Kier alpha value is -2.70. The van der Waals surface area contributed by atoms with E-state index in [-0.39, 0.29) is 0 Å². The number of primary amides is 1. The maximum atomic E-state index is 11.5. The fourth-order valence-electron chi connectivity index (χ4n) is 1.70. The van der Waals surface area contributed by atoms with Crippen molar-refractivity contribution in [3.63, 3.8) is 0 Å². The maximum Gasteiger partial charge on any atom is 0.254 e. The molecule has 3 N–H and O–H groups in total. The lowest BCUT2D eigenvalue weighted by Crippen LogP contribution is -2.12. The van der Waals surface area contributed by atoms with Crippen LogP contribution in [-0.2, 0) is 0 Å². The second kappa shape index (κ2) is 3.41. The minimum atomic E-state index is -0.560. The first kappa shape index (κ1) is 9.52. The molecule has 17 heavy (non-hydrogen) atoms. The minimum absolute atomic E-state index is 0.298. The summed E-state index contributed by atoms with van der Waals surface area (Å²) in [5, 5.41) is 10.8. The number of carbonyl (C=O) groups excluding carboxylic acids is 1. The molecule has 0 aromatic carbocycles. The van der Waals surface area contributed by atoms with Crippen LogP contribution >= 0.6 is 0 Å². The van der Waals surface area contributed by atoms with E-state index >= 15 is 0 Å². The molecule has 0 radical (unpaired) electrons. The Labute approximate surface area is 95.3 Å². The number of aromatic amines is 1. The van der Waals surface area contributed by atoms with Gasteiger partial charge in [-0.2, -0.15) is 10.2 Å². The summed E-state index contributed by atoms with van der Waals surface area (Å²) < 4.78 is 1.52. The molecule has 0 spiro atoms. The van der Waals surface area contributed by atoms with Gasteiger partial charge in [-0.1, -0.05) is 0 Å². The Bertz CT molecular complexity index is 684. The summed E-state index contributed by atoms with van der Waals surface area (Å²) >= 11 is 0. The number of fused-ring (bicyclic) bond motifs is 1. The number of rotatable bonds is 2. The first-order chi connectivity index (χ1) is 8.27. The highest BCUT2D eigenvalue weighted by molar-refractivity contribution is 6.04. The molecular weight excluding hydrogens is 220 g/mol. The first-order valence-corrected chi connectivity index (χ1v) is 4.89. The molecule has 3 heterocycles. The van der Waals surface area contributed by atoms with Gasteiger partial charge >= 0.3 is 0 Å². The number of nitrogens with one attached hydrogen (secondary N) is 1. The van der Waals surface area contributed by atoms with Crippen LogP contribution < -0.4 is 5.73 Å². The highest BCUT2D eigenvalue weighted by Gasteiger charge is 2.20. The summed E-state index contributed by atoms with van der Waals surface area (Å²) in [6.07, 6.45) is 6.52. The summed E-state index contributed by atoms with van der Waals surface area (Å²) in [5.74, 6) is -0.560. The highest BCUT2D eigenvalue weighted by atomic mass is 16.1. The van der Waals surface area contributed by atoms with Crippen LogP contribution in [0.1, 0.15) is 10.4 Å². The molecule has 0 aliphatic heterocycles. The van der Waals surface area contributed by atoms with Crippen LogP contribution in [0, 0.1) is 0 Å². The Morgan fingerprint density at radius 1 is 1.47 bits per heavy atom. The lowest BCUT2D eigenvalue weighted by atomic mass is 10.1. The molecular formula is C10H8N6O. The lowest BCUT2D eigenvalue weighted by Gasteiger charge is -1.93. The third-order valence-corrected chi connectivity index (χ3v) is 2.41. The van der Waals surface area contributed by atoms with E-state index in [9.17, 15) is 4.79 Å². The molecule has 7 heteroatoms. The van der Waals surface area contributed by atoms with E-state index in [1.807, 2.05) is 0 Å². The smallest absolute Gasteiger partial charge is 0.254 e. The number of nitrogens with two attached hydrogens (primary N) is 1. The van der Waals surface area contributed by atoms with E-state index in [1.165, 1.54) is 4.52 Å². The van der Waals surface area contributed by atoms with Crippen LogP contribution in [-0.4, -0.2) is 30.7 Å². The minimum Gasteiger partial charge on any atom is -0.365 e.